The van der Waals surface area contributed by atoms with E-state index in [9.17, 15) is 13.2 Å². The number of pyridine rings is 1. The first-order valence-corrected chi connectivity index (χ1v) is 4.87. The molecule has 2 N–H and O–H groups in total. The van der Waals surface area contributed by atoms with Crippen LogP contribution in [-0.2, 0) is 0 Å². The average Bonchev–Trinajstić information content (AvgIpc) is 2.13. The van der Waals surface area contributed by atoms with Gasteiger partial charge in [-0.05, 0) is 25.5 Å². The van der Waals surface area contributed by atoms with Crippen LogP contribution in [0, 0.1) is 6.92 Å². The summed E-state index contributed by atoms with van der Waals surface area (Å²) in [5.41, 5.74) is 6.59. The van der Waals surface area contributed by atoms with Crippen LogP contribution in [0.15, 0.2) is 12.3 Å². The number of rotatable bonds is 3. The van der Waals surface area contributed by atoms with Crippen molar-refractivity contribution < 1.29 is 13.2 Å². The van der Waals surface area contributed by atoms with Gasteiger partial charge in [0.15, 0.2) is 0 Å². The fourth-order valence-corrected chi connectivity index (χ4v) is 1.47. The van der Waals surface area contributed by atoms with Gasteiger partial charge in [-0.25, -0.2) is 4.98 Å². The number of nitrogen functional groups attached to an aromatic ring is 1. The third kappa shape index (κ3) is 3.29. The van der Waals surface area contributed by atoms with Crippen LogP contribution in [0.25, 0.3) is 0 Å². The highest BCUT2D eigenvalue weighted by atomic mass is 19.4. The number of halogens is 3. The molecule has 0 radical (unpaired) electrons. The molecule has 0 bridgehead atoms. The molecule has 90 valence electrons. The molecule has 6 heteroatoms. The van der Waals surface area contributed by atoms with E-state index in [0.29, 0.717) is 17.1 Å². The lowest BCUT2D eigenvalue weighted by Crippen LogP contribution is -2.35. The monoisotopic (exact) mass is 233 g/mol. The predicted octanol–water partition coefficient (Wildman–Crippen LogP) is 2.36. The molecule has 0 aromatic carbocycles. The van der Waals surface area contributed by atoms with Gasteiger partial charge in [0.1, 0.15) is 12.4 Å². The van der Waals surface area contributed by atoms with Crippen LogP contribution in [0.5, 0.6) is 0 Å². The average molecular weight is 233 g/mol. The van der Waals surface area contributed by atoms with Crippen molar-refractivity contribution in [1.29, 1.82) is 0 Å². The minimum absolute atomic E-state index is 0.247. The van der Waals surface area contributed by atoms with Crippen LogP contribution in [0.2, 0.25) is 0 Å². The Hall–Kier alpha value is -1.46. The topological polar surface area (TPSA) is 42.2 Å². The summed E-state index contributed by atoms with van der Waals surface area (Å²) in [6, 6.07) is 1.61. The molecule has 0 spiro atoms. The number of hydrogen-bond acceptors (Lipinski definition) is 3. The second-order valence-electron chi connectivity index (χ2n) is 3.54. The van der Waals surface area contributed by atoms with Gasteiger partial charge in [-0.15, -0.1) is 0 Å². The molecular weight excluding hydrogens is 219 g/mol. The first-order chi connectivity index (χ1) is 7.33. The summed E-state index contributed by atoms with van der Waals surface area (Å²) >= 11 is 0. The highest BCUT2D eigenvalue weighted by molar-refractivity contribution is 5.52. The maximum absolute atomic E-state index is 12.3. The number of aromatic nitrogens is 1. The largest absolute Gasteiger partial charge is 0.405 e. The molecule has 1 aromatic rings. The third-order valence-electron chi connectivity index (χ3n) is 2.12. The van der Waals surface area contributed by atoms with E-state index in [2.05, 4.69) is 4.98 Å². The van der Waals surface area contributed by atoms with E-state index < -0.39 is 12.7 Å². The van der Waals surface area contributed by atoms with Gasteiger partial charge in [0.05, 0.1) is 11.9 Å². The van der Waals surface area contributed by atoms with Gasteiger partial charge in [0.25, 0.3) is 0 Å². The molecule has 0 aliphatic heterocycles. The lowest BCUT2D eigenvalue weighted by molar-refractivity contribution is -0.119. The third-order valence-corrected chi connectivity index (χ3v) is 2.12. The fourth-order valence-electron chi connectivity index (χ4n) is 1.47. The Morgan fingerprint density at radius 2 is 2.06 bits per heavy atom. The zero-order valence-corrected chi connectivity index (χ0v) is 9.17. The van der Waals surface area contributed by atoms with Gasteiger partial charge >= 0.3 is 6.18 Å². The van der Waals surface area contributed by atoms with E-state index in [4.69, 9.17) is 5.73 Å². The summed E-state index contributed by atoms with van der Waals surface area (Å²) in [5.74, 6) is 0.328. The second-order valence-corrected chi connectivity index (χ2v) is 3.54. The first kappa shape index (κ1) is 12.6. The van der Waals surface area contributed by atoms with E-state index in [-0.39, 0.29) is 6.54 Å². The molecule has 16 heavy (non-hydrogen) atoms. The maximum atomic E-state index is 12.3. The van der Waals surface area contributed by atoms with Crippen LogP contribution in [0.4, 0.5) is 24.7 Å². The van der Waals surface area contributed by atoms with E-state index in [0.717, 1.165) is 0 Å². The minimum Gasteiger partial charge on any atom is -0.397 e. The Labute approximate surface area is 92.1 Å². The van der Waals surface area contributed by atoms with Crippen LogP contribution in [0.1, 0.15) is 12.5 Å². The summed E-state index contributed by atoms with van der Waals surface area (Å²) in [4.78, 5) is 5.11. The van der Waals surface area contributed by atoms with Crippen LogP contribution in [0.3, 0.4) is 0 Å². The Kier molecular flexibility index (Phi) is 3.62. The lowest BCUT2D eigenvalue weighted by Gasteiger charge is -2.24. The normalized spacial score (nSPS) is 11.6. The van der Waals surface area contributed by atoms with Crippen molar-refractivity contribution in [3.05, 3.63) is 17.8 Å². The molecule has 0 aliphatic rings. The molecule has 0 saturated carbocycles. The van der Waals surface area contributed by atoms with Gasteiger partial charge in [-0.1, -0.05) is 0 Å². The van der Waals surface area contributed by atoms with Crippen molar-refractivity contribution in [3.63, 3.8) is 0 Å². The van der Waals surface area contributed by atoms with E-state index >= 15 is 0 Å². The molecule has 0 fully saturated rings. The van der Waals surface area contributed by atoms with Gasteiger partial charge in [0, 0.05) is 6.54 Å². The summed E-state index contributed by atoms with van der Waals surface area (Å²) in [5, 5.41) is 0. The standard InChI is InChI=1S/C10H14F3N3/c1-3-16(6-10(11,12)13)9-7(2)4-8(14)5-15-9/h4-5H,3,6,14H2,1-2H3. The number of hydrogen-bond donors (Lipinski definition) is 1. The molecule has 1 rings (SSSR count). The molecular formula is C10H14F3N3. The molecule has 0 amide bonds. The molecule has 0 unspecified atom stereocenters. The molecule has 3 nitrogen and oxygen atoms in total. The van der Waals surface area contributed by atoms with Crippen LogP contribution in [-0.4, -0.2) is 24.2 Å². The SMILES string of the molecule is CCN(CC(F)(F)F)c1ncc(N)cc1C. The number of alkyl halides is 3. The number of nitrogens with zero attached hydrogens (tertiary/aromatic N) is 2. The molecule has 0 atom stereocenters. The number of anilines is 2. The van der Waals surface area contributed by atoms with E-state index in [1.165, 1.54) is 11.1 Å². The van der Waals surface area contributed by atoms with Crippen LogP contribution < -0.4 is 10.6 Å². The van der Waals surface area contributed by atoms with Crippen molar-refractivity contribution in [2.75, 3.05) is 23.7 Å². The van der Waals surface area contributed by atoms with Crippen molar-refractivity contribution in [1.82, 2.24) is 4.98 Å². The summed E-state index contributed by atoms with van der Waals surface area (Å²) < 4.78 is 36.9. The number of aryl methyl sites for hydroxylation is 1. The zero-order chi connectivity index (χ0) is 12.3. The quantitative estimate of drug-likeness (QED) is 0.871. The van der Waals surface area contributed by atoms with Crippen molar-refractivity contribution in [2.24, 2.45) is 0 Å². The van der Waals surface area contributed by atoms with E-state index in [1.54, 1.807) is 19.9 Å². The van der Waals surface area contributed by atoms with Crippen LogP contribution >= 0.6 is 0 Å². The highest BCUT2D eigenvalue weighted by Crippen LogP contribution is 2.23. The Morgan fingerprint density at radius 1 is 1.44 bits per heavy atom. The predicted molar refractivity (Wildman–Crippen MR) is 57.3 cm³/mol. The van der Waals surface area contributed by atoms with E-state index in [1.807, 2.05) is 0 Å². The second kappa shape index (κ2) is 4.59. The zero-order valence-electron chi connectivity index (χ0n) is 9.17. The Morgan fingerprint density at radius 3 is 2.50 bits per heavy atom. The highest BCUT2D eigenvalue weighted by Gasteiger charge is 2.31. The van der Waals surface area contributed by atoms with Gasteiger partial charge in [-0.3, -0.25) is 0 Å². The van der Waals surface area contributed by atoms with Crippen molar-refractivity contribution in [2.45, 2.75) is 20.0 Å². The first-order valence-electron chi connectivity index (χ1n) is 4.87. The van der Waals surface area contributed by atoms with Gasteiger partial charge in [0.2, 0.25) is 0 Å². The maximum Gasteiger partial charge on any atom is 0.405 e. The summed E-state index contributed by atoms with van der Waals surface area (Å²) in [6.07, 6.45) is -2.87. The molecule has 0 aliphatic carbocycles. The van der Waals surface area contributed by atoms with Gasteiger partial charge < -0.3 is 10.6 Å². The molecule has 1 aromatic heterocycles. The fraction of sp³-hybridized carbons (Fsp3) is 0.500. The molecule has 1 heterocycles. The van der Waals surface area contributed by atoms with Crippen molar-refractivity contribution in [3.8, 4) is 0 Å². The summed E-state index contributed by atoms with van der Waals surface area (Å²) in [7, 11) is 0. The number of nitrogens with two attached hydrogens (primary N) is 1. The smallest absolute Gasteiger partial charge is 0.397 e. The van der Waals surface area contributed by atoms with Crippen molar-refractivity contribution >= 4 is 11.5 Å². The Bertz CT molecular complexity index is 363. The lowest BCUT2D eigenvalue weighted by atomic mass is 10.2. The Balaban J connectivity index is 2.95. The van der Waals surface area contributed by atoms with Gasteiger partial charge in [-0.2, -0.15) is 13.2 Å². The minimum atomic E-state index is -4.23. The summed E-state index contributed by atoms with van der Waals surface area (Å²) in [6.45, 7) is 2.60. The molecule has 0 saturated heterocycles.